The standard InChI is InChI=1S/C55H98O6/c1-4-7-10-13-16-19-21-23-25-27-29-31-33-36-39-42-45-48-54(57)60-51-52(50-59-53(56)47-44-41-38-35-18-15-12-9-6-3)61-55(58)49-46-43-40-37-34-32-30-28-26-24-22-20-17-14-11-8-5-2/h16,19,23,25,29,31,36,39,52H,4-15,17-18,20-22,24,26-28,30,32-35,37-38,40-51H2,1-3H3/b19-16-,25-23-,31-29-,39-36-/t52-/m1/s1. The summed E-state index contributed by atoms with van der Waals surface area (Å²) >= 11 is 0. The van der Waals surface area contributed by atoms with Crippen LogP contribution in [0.2, 0.25) is 0 Å². The van der Waals surface area contributed by atoms with Crippen molar-refractivity contribution in [2.75, 3.05) is 13.2 Å². The maximum Gasteiger partial charge on any atom is 0.306 e. The van der Waals surface area contributed by atoms with Gasteiger partial charge in [0.05, 0.1) is 0 Å². The minimum absolute atomic E-state index is 0.0868. The van der Waals surface area contributed by atoms with Crippen molar-refractivity contribution in [3.8, 4) is 0 Å². The van der Waals surface area contributed by atoms with Crippen LogP contribution >= 0.6 is 0 Å². The van der Waals surface area contributed by atoms with Crippen molar-refractivity contribution < 1.29 is 28.6 Å². The Hall–Kier alpha value is -2.63. The van der Waals surface area contributed by atoms with Gasteiger partial charge in [0.2, 0.25) is 0 Å². The maximum absolute atomic E-state index is 12.8. The average Bonchev–Trinajstić information content (AvgIpc) is 3.26. The zero-order valence-corrected chi connectivity index (χ0v) is 40.4. The van der Waals surface area contributed by atoms with E-state index in [0.29, 0.717) is 19.3 Å². The summed E-state index contributed by atoms with van der Waals surface area (Å²) in [6.07, 6.45) is 59.6. The fourth-order valence-corrected chi connectivity index (χ4v) is 7.38. The largest absolute Gasteiger partial charge is 0.462 e. The van der Waals surface area contributed by atoms with E-state index in [-0.39, 0.29) is 37.5 Å². The molecule has 0 aliphatic heterocycles. The van der Waals surface area contributed by atoms with Crippen molar-refractivity contribution in [1.82, 2.24) is 0 Å². The Balaban J connectivity index is 4.38. The number of hydrogen-bond donors (Lipinski definition) is 0. The first-order valence-electron chi connectivity index (χ1n) is 26.1. The fraction of sp³-hybridized carbons (Fsp3) is 0.800. The molecular formula is C55H98O6. The lowest BCUT2D eigenvalue weighted by molar-refractivity contribution is -0.167. The molecule has 0 aromatic carbocycles. The highest BCUT2D eigenvalue weighted by Gasteiger charge is 2.19. The van der Waals surface area contributed by atoms with E-state index in [2.05, 4.69) is 69.4 Å². The monoisotopic (exact) mass is 855 g/mol. The van der Waals surface area contributed by atoms with Gasteiger partial charge in [-0.3, -0.25) is 14.4 Å². The molecule has 0 spiro atoms. The highest BCUT2D eigenvalue weighted by molar-refractivity contribution is 5.71. The van der Waals surface area contributed by atoms with Gasteiger partial charge in [-0.25, -0.2) is 0 Å². The number of allylic oxidation sites excluding steroid dienone is 8. The van der Waals surface area contributed by atoms with E-state index in [1.807, 2.05) is 0 Å². The molecule has 0 radical (unpaired) electrons. The Kier molecular flexibility index (Phi) is 47.9. The summed E-state index contributed by atoms with van der Waals surface area (Å²) in [6, 6.07) is 0. The van der Waals surface area contributed by atoms with Gasteiger partial charge in [0.15, 0.2) is 6.10 Å². The van der Waals surface area contributed by atoms with Gasteiger partial charge in [0, 0.05) is 19.3 Å². The first-order valence-corrected chi connectivity index (χ1v) is 26.1. The van der Waals surface area contributed by atoms with Crippen LogP contribution in [0.5, 0.6) is 0 Å². The van der Waals surface area contributed by atoms with Crippen molar-refractivity contribution in [3.63, 3.8) is 0 Å². The third-order valence-electron chi connectivity index (χ3n) is 11.3. The van der Waals surface area contributed by atoms with E-state index in [9.17, 15) is 14.4 Å². The summed E-state index contributed by atoms with van der Waals surface area (Å²) < 4.78 is 16.7. The third-order valence-corrected chi connectivity index (χ3v) is 11.3. The van der Waals surface area contributed by atoms with Crippen molar-refractivity contribution in [2.24, 2.45) is 0 Å². The molecular weight excluding hydrogens is 757 g/mol. The maximum atomic E-state index is 12.8. The molecule has 0 aromatic heterocycles. The zero-order valence-electron chi connectivity index (χ0n) is 40.4. The molecule has 354 valence electrons. The molecule has 0 N–H and O–H groups in total. The summed E-state index contributed by atoms with van der Waals surface area (Å²) in [5.74, 6) is -0.939. The second-order valence-electron chi connectivity index (χ2n) is 17.4. The number of carbonyl (C=O) groups excluding carboxylic acids is 3. The lowest BCUT2D eigenvalue weighted by Crippen LogP contribution is -2.30. The number of carbonyl (C=O) groups is 3. The second kappa shape index (κ2) is 50.0. The normalized spacial score (nSPS) is 12.4. The van der Waals surface area contributed by atoms with Gasteiger partial charge in [-0.15, -0.1) is 0 Å². The highest BCUT2D eigenvalue weighted by Crippen LogP contribution is 2.16. The molecule has 0 aliphatic carbocycles. The Labute approximate surface area is 378 Å². The van der Waals surface area contributed by atoms with Gasteiger partial charge < -0.3 is 14.2 Å². The van der Waals surface area contributed by atoms with Gasteiger partial charge >= 0.3 is 17.9 Å². The Morgan fingerprint density at radius 2 is 0.607 bits per heavy atom. The smallest absolute Gasteiger partial charge is 0.306 e. The molecule has 1 atom stereocenters. The number of ether oxygens (including phenoxy) is 3. The summed E-state index contributed by atoms with van der Waals surface area (Å²) in [6.45, 7) is 6.56. The van der Waals surface area contributed by atoms with Gasteiger partial charge in [-0.1, -0.05) is 236 Å². The molecule has 0 bridgehead atoms. The lowest BCUT2D eigenvalue weighted by Gasteiger charge is -2.18. The molecule has 0 fully saturated rings. The molecule has 0 saturated carbocycles. The van der Waals surface area contributed by atoms with Crippen LogP contribution in [0.25, 0.3) is 0 Å². The van der Waals surface area contributed by atoms with Crippen molar-refractivity contribution >= 4 is 17.9 Å². The first-order chi connectivity index (χ1) is 30.0. The van der Waals surface area contributed by atoms with Gasteiger partial charge in [-0.05, 0) is 57.8 Å². The number of hydrogen-bond acceptors (Lipinski definition) is 6. The minimum atomic E-state index is -0.789. The summed E-state index contributed by atoms with van der Waals surface area (Å²) in [5.41, 5.74) is 0. The molecule has 0 rings (SSSR count). The third kappa shape index (κ3) is 48.3. The van der Waals surface area contributed by atoms with E-state index < -0.39 is 6.10 Å². The quantitative estimate of drug-likeness (QED) is 0.0263. The second-order valence-corrected chi connectivity index (χ2v) is 17.4. The van der Waals surface area contributed by atoms with Gasteiger partial charge in [0.25, 0.3) is 0 Å². The summed E-state index contributed by atoms with van der Waals surface area (Å²) in [7, 11) is 0. The van der Waals surface area contributed by atoms with Crippen LogP contribution in [0.1, 0.15) is 265 Å². The van der Waals surface area contributed by atoms with Crippen LogP contribution in [-0.4, -0.2) is 37.2 Å². The Morgan fingerprint density at radius 3 is 0.984 bits per heavy atom. The SMILES string of the molecule is CCCCC/C=C\C/C=C\C/C=C\C/C=C\CCCC(=O)OC[C@@H](COC(=O)CCCCCCCCCCC)OC(=O)CCCCCCCCCCCCCCCCCCC. The van der Waals surface area contributed by atoms with E-state index in [1.54, 1.807) is 0 Å². The van der Waals surface area contributed by atoms with Crippen LogP contribution in [0, 0.1) is 0 Å². The Bertz CT molecular complexity index is 1070. The molecule has 6 heteroatoms. The van der Waals surface area contributed by atoms with E-state index in [1.165, 1.54) is 154 Å². The predicted molar refractivity (Wildman–Crippen MR) is 261 cm³/mol. The Morgan fingerprint density at radius 1 is 0.328 bits per heavy atom. The van der Waals surface area contributed by atoms with E-state index in [0.717, 1.165) is 64.2 Å². The van der Waals surface area contributed by atoms with Crippen molar-refractivity contribution in [1.29, 1.82) is 0 Å². The summed E-state index contributed by atoms with van der Waals surface area (Å²) in [4.78, 5) is 37.9. The molecule has 0 amide bonds. The summed E-state index contributed by atoms with van der Waals surface area (Å²) in [5, 5.41) is 0. The van der Waals surface area contributed by atoms with Crippen LogP contribution in [-0.2, 0) is 28.6 Å². The van der Waals surface area contributed by atoms with Crippen molar-refractivity contribution in [3.05, 3.63) is 48.6 Å². The highest BCUT2D eigenvalue weighted by atomic mass is 16.6. The molecule has 0 aliphatic rings. The van der Waals surface area contributed by atoms with Crippen LogP contribution in [0.4, 0.5) is 0 Å². The zero-order chi connectivity index (χ0) is 44.4. The minimum Gasteiger partial charge on any atom is -0.462 e. The molecule has 0 aromatic rings. The lowest BCUT2D eigenvalue weighted by atomic mass is 10.0. The molecule has 0 heterocycles. The van der Waals surface area contributed by atoms with Crippen LogP contribution < -0.4 is 0 Å². The van der Waals surface area contributed by atoms with Crippen LogP contribution in [0.3, 0.4) is 0 Å². The molecule has 0 saturated heterocycles. The molecule has 6 nitrogen and oxygen atoms in total. The van der Waals surface area contributed by atoms with Gasteiger partial charge in [-0.2, -0.15) is 0 Å². The predicted octanol–water partition coefficient (Wildman–Crippen LogP) is 17.1. The number of esters is 3. The number of rotatable bonds is 47. The van der Waals surface area contributed by atoms with Crippen LogP contribution in [0.15, 0.2) is 48.6 Å². The molecule has 61 heavy (non-hydrogen) atoms. The van der Waals surface area contributed by atoms with E-state index >= 15 is 0 Å². The fourth-order valence-electron chi connectivity index (χ4n) is 7.38. The van der Waals surface area contributed by atoms with E-state index in [4.69, 9.17) is 14.2 Å². The number of unbranched alkanes of at least 4 members (excludes halogenated alkanes) is 28. The average molecular weight is 855 g/mol. The first kappa shape index (κ1) is 58.4. The topological polar surface area (TPSA) is 78.9 Å². The molecule has 0 unspecified atom stereocenters. The van der Waals surface area contributed by atoms with Crippen molar-refractivity contribution in [2.45, 2.75) is 271 Å². The van der Waals surface area contributed by atoms with Gasteiger partial charge in [0.1, 0.15) is 13.2 Å².